The van der Waals surface area contributed by atoms with Crippen LogP contribution in [0.15, 0.2) is 42.5 Å². The van der Waals surface area contributed by atoms with Crippen LogP contribution < -0.4 is 4.74 Å². The molecule has 0 saturated carbocycles. The van der Waals surface area contributed by atoms with Gasteiger partial charge in [0.25, 0.3) is 5.91 Å². The molecule has 1 unspecified atom stereocenters. The smallest absolute Gasteiger partial charge is 0.253 e. The predicted octanol–water partition coefficient (Wildman–Crippen LogP) is 4.53. The van der Waals surface area contributed by atoms with E-state index in [1.807, 2.05) is 24.0 Å². The van der Waals surface area contributed by atoms with Crippen LogP contribution in [0.25, 0.3) is 11.1 Å². The molecule has 0 aliphatic carbocycles. The lowest BCUT2D eigenvalue weighted by atomic mass is 10.0. The second-order valence-corrected chi connectivity index (χ2v) is 6.75. The van der Waals surface area contributed by atoms with Gasteiger partial charge in [-0.15, -0.1) is 0 Å². The van der Waals surface area contributed by atoms with Gasteiger partial charge in [-0.3, -0.25) is 4.79 Å². The number of carbonyl (C=O) groups is 1. The van der Waals surface area contributed by atoms with Crippen molar-refractivity contribution in [2.45, 2.75) is 32.3 Å². The van der Waals surface area contributed by atoms with Crippen molar-refractivity contribution < 1.29 is 18.7 Å². The number of nitrogens with zero attached hydrogens (tertiary/aromatic N) is 1. The van der Waals surface area contributed by atoms with Crippen molar-refractivity contribution in [2.75, 3.05) is 26.8 Å². The van der Waals surface area contributed by atoms with E-state index in [1.165, 1.54) is 12.1 Å². The van der Waals surface area contributed by atoms with Crippen LogP contribution in [0, 0.1) is 5.82 Å². The second kappa shape index (κ2) is 9.00. The molecular formula is C22H26FNO3. The molecule has 3 rings (SSSR count). The van der Waals surface area contributed by atoms with Crippen molar-refractivity contribution in [1.29, 1.82) is 0 Å². The fourth-order valence-corrected chi connectivity index (χ4v) is 3.43. The molecule has 27 heavy (non-hydrogen) atoms. The minimum atomic E-state index is -0.324. The molecule has 1 atom stereocenters. The third kappa shape index (κ3) is 4.66. The highest BCUT2D eigenvalue weighted by Crippen LogP contribution is 2.31. The first-order chi connectivity index (χ1) is 13.1. The van der Waals surface area contributed by atoms with Crippen molar-refractivity contribution in [3.05, 3.63) is 53.8 Å². The Morgan fingerprint density at radius 1 is 1.22 bits per heavy atom. The van der Waals surface area contributed by atoms with Gasteiger partial charge in [-0.1, -0.05) is 12.1 Å². The van der Waals surface area contributed by atoms with Gasteiger partial charge in [-0.2, -0.15) is 0 Å². The number of ether oxygens (including phenoxy) is 2. The Morgan fingerprint density at radius 2 is 2.00 bits per heavy atom. The van der Waals surface area contributed by atoms with Gasteiger partial charge in [-0.05, 0) is 62.1 Å². The summed E-state index contributed by atoms with van der Waals surface area (Å²) in [5.41, 5.74) is 2.09. The van der Waals surface area contributed by atoms with Crippen LogP contribution >= 0.6 is 0 Å². The molecule has 4 nitrogen and oxygen atoms in total. The van der Waals surface area contributed by atoms with E-state index in [2.05, 4.69) is 0 Å². The Bertz CT molecular complexity index is 770. The zero-order valence-electron chi connectivity index (χ0n) is 15.9. The van der Waals surface area contributed by atoms with Crippen molar-refractivity contribution in [3.8, 4) is 16.9 Å². The van der Waals surface area contributed by atoms with Crippen molar-refractivity contribution >= 4 is 5.91 Å². The molecule has 2 aromatic carbocycles. The minimum Gasteiger partial charge on any atom is -0.496 e. The van der Waals surface area contributed by atoms with E-state index in [0.717, 1.165) is 31.4 Å². The molecule has 1 amide bonds. The van der Waals surface area contributed by atoms with Gasteiger partial charge in [-0.25, -0.2) is 4.39 Å². The number of likely N-dealkylation sites (N-methyl/N-ethyl adjacent to an activating group) is 1. The van der Waals surface area contributed by atoms with Gasteiger partial charge in [0.2, 0.25) is 0 Å². The van der Waals surface area contributed by atoms with Gasteiger partial charge in [0.05, 0.1) is 13.2 Å². The number of hydrogen-bond donors (Lipinski definition) is 0. The summed E-state index contributed by atoms with van der Waals surface area (Å²) < 4.78 is 24.7. The summed E-state index contributed by atoms with van der Waals surface area (Å²) in [5, 5.41) is 0. The molecule has 0 spiro atoms. The quantitative estimate of drug-likeness (QED) is 0.749. The Balaban J connectivity index is 1.75. The number of carbonyl (C=O) groups excluding carboxylic acids is 1. The molecule has 2 aromatic rings. The number of methoxy groups -OCH3 is 1. The Labute approximate surface area is 159 Å². The van der Waals surface area contributed by atoms with Crippen LogP contribution in [0.2, 0.25) is 0 Å². The number of halogens is 1. The highest BCUT2D eigenvalue weighted by atomic mass is 19.1. The van der Waals surface area contributed by atoms with Crippen LogP contribution in [0.1, 0.15) is 36.5 Å². The van der Waals surface area contributed by atoms with E-state index < -0.39 is 0 Å². The fourth-order valence-electron chi connectivity index (χ4n) is 3.43. The molecule has 1 aliphatic rings. The van der Waals surface area contributed by atoms with Crippen LogP contribution in [0.4, 0.5) is 4.39 Å². The van der Waals surface area contributed by atoms with Crippen molar-refractivity contribution in [1.82, 2.24) is 4.90 Å². The normalized spacial score (nSPS) is 16.8. The third-order valence-electron chi connectivity index (χ3n) is 4.97. The number of hydrogen-bond acceptors (Lipinski definition) is 3. The second-order valence-electron chi connectivity index (χ2n) is 6.75. The summed E-state index contributed by atoms with van der Waals surface area (Å²) in [6, 6.07) is 11.6. The van der Waals surface area contributed by atoms with Gasteiger partial charge in [0.15, 0.2) is 0 Å². The lowest BCUT2D eigenvalue weighted by molar-refractivity contribution is -0.00311. The van der Waals surface area contributed by atoms with Crippen LogP contribution in [-0.2, 0) is 4.74 Å². The van der Waals surface area contributed by atoms with Crippen molar-refractivity contribution in [3.63, 3.8) is 0 Å². The van der Waals surface area contributed by atoms with Gasteiger partial charge in [0.1, 0.15) is 11.6 Å². The summed E-state index contributed by atoms with van der Waals surface area (Å²) in [4.78, 5) is 14.7. The van der Waals surface area contributed by atoms with Crippen LogP contribution in [-0.4, -0.2) is 43.7 Å². The molecule has 0 bridgehead atoms. The maximum atomic E-state index is 13.6. The lowest BCUT2D eigenvalue weighted by Gasteiger charge is -2.29. The minimum absolute atomic E-state index is 0.00979. The number of amides is 1. The average molecular weight is 371 g/mol. The molecule has 0 N–H and O–H groups in total. The van der Waals surface area contributed by atoms with E-state index in [9.17, 15) is 9.18 Å². The van der Waals surface area contributed by atoms with Crippen molar-refractivity contribution in [2.24, 2.45) is 0 Å². The molecule has 1 fully saturated rings. The molecule has 1 saturated heterocycles. The van der Waals surface area contributed by atoms with Gasteiger partial charge in [0, 0.05) is 30.8 Å². The molecule has 5 heteroatoms. The monoisotopic (exact) mass is 371 g/mol. The molecule has 1 heterocycles. The van der Waals surface area contributed by atoms with Crippen LogP contribution in [0.5, 0.6) is 5.75 Å². The largest absolute Gasteiger partial charge is 0.496 e. The maximum absolute atomic E-state index is 13.6. The molecule has 0 radical (unpaired) electrons. The van der Waals surface area contributed by atoms with Crippen LogP contribution in [0.3, 0.4) is 0 Å². The zero-order chi connectivity index (χ0) is 19.2. The summed E-state index contributed by atoms with van der Waals surface area (Å²) >= 11 is 0. The van der Waals surface area contributed by atoms with E-state index >= 15 is 0 Å². The Hall–Kier alpha value is -2.40. The highest BCUT2D eigenvalue weighted by molar-refractivity contribution is 5.94. The summed E-state index contributed by atoms with van der Waals surface area (Å²) in [5.74, 6) is 0.264. The topological polar surface area (TPSA) is 38.8 Å². The van der Waals surface area contributed by atoms with Gasteiger partial charge < -0.3 is 14.4 Å². The predicted molar refractivity (Wildman–Crippen MR) is 104 cm³/mol. The summed E-state index contributed by atoms with van der Waals surface area (Å²) in [7, 11) is 1.56. The molecule has 144 valence electrons. The summed E-state index contributed by atoms with van der Waals surface area (Å²) in [6.45, 7) is 4.01. The SMILES string of the molecule is CCN(CC1CCCCO1)C(=O)c1ccc(-c2cc(F)ccc2OC)cc1. The third-order valence-corrected chi connectivity index (χ3v) is 4.97. The van der Waals surface area contributed by atoms with E-state index in [4.69, 9.17) is 9.47 Å². The average Bonchev–Trinajstić information content (AvgIpc) is 2.72. The van der Waals surface area contributed by atoms with E-state index in [0.29, 0.717) is 30.0 Å². The van der Waals surface area contributed by atoms with E-state index in [-0.39, 0.29) is 17.8 Å². The fraction of sp³-hybridized carbons (Fsp3) is 0.409. The Morgan fingerprint density at radius 3 is 2.63 bits per heavy atom. The zero-order valence-corrected chi connectivity index (χ0v) is 15.9. The standard InChI is InChI=1S/C22H26FNO3/c1-3-24(15-19-6-4-5-13-27-19)22(25)17-9-7-16(8-10-17)20-14-18(23)11-12-21(20)26-2/h7-12,14,19H,3-6,13,15H2,1-2H3. The molecule has 0 aromatic heterocycles. The molecule has 1 aliphatic heterocycles. The number of benzene rings is 2. The highest BCUT2D eigenvalue weighted by Gasteiger charge is 2.21. The first-order valence-electron chi connectivity index (χ1n) is 9.47. The first kappa shape index (κ1) is 19.4. The summed E-state index contributed by atoms with van der Waals surface area (Å²) in [6.07, 6.45) is 3.38. The molecular weight excluding hydrogens is 345 g/mol. The lowest BCUT2D eigenvalue weighted by Crippen LogP contribution is -2.39. The maximum Gasteiger partial charge on any atom is 0.253 e. The van der Waals surface area contributed by atoms with E-state index in [1.54, 1.807) is 25.3 Å². The Kier molecular flexibility index (Phi) is 6.45. The number of rotatable bonds is 6. The first-order valence-corrected chi connectivity index (χ1v) is 9.47. The van der Waals surface area contributed by atoms with Gasteiger partial charge >= 0.3 is 0 Å².